The van der Waals surface area contributed by atoms with Crippen molar-refractivity contribution in [3.05, 3.63) is 0 Å². The molecule has 2 nitrogen and oxygen atoms in total. The first-order valence-corrected chi connectivity index (χ1v) is 8.93. The van der Waals surface area contributed by atoms with Gasteiger partial charge in [-0.3, -0.25) is 0 Å². The van der Waals surface area contributed by atoms with E-state index in [9.17, 15) is 0 Å². The summed E-state index contributed by atoms with van der Waals surface area (Å²) in [6, 6.07) is 1.21. The van der Waals surface area contributed by atoms with E-state index in [4.69, 9.17) is 8.85 Å². The predicted octanol–water partition coefficient (Wildman–Crippen LogP) is 3.35. The largest absolute Gasteiger partial charge is 0.400 e. The van der Waals surface area contributed by atoms with Crippen molar-refractivity contribution in [3.8, 4) is 0 Å². The van der Waals surface area contributed by atoms with E-state index in [-0.39, 0.29) is 0 Å². The lowest BCUT2D eigenvalue weighted by atomic mass is 9.69. The maximum Gasteiger partial charge on any atom is 0.321 e. The van der Waals surface area contributed by atoms with Crippen LogP contribution in [-0.4, -0.2) is 23.5 Å². The van der Waals surface area contributed by atoms with Gasteiger partial charge in [-0.25, -0.2) is 0 Å². The van der Waals surface area contributed by atoms with Crippen molar-refractivity contribution in [2.45, 2.75) is 52.0 Å². The van der Waals surface area contributed by atoms with Crippen LogP contribution in [0.1, 0.15) is 46.0 Å². The molecule has 0 saturated heterocycles. The van der Waals surface area contributed by atoms with Crippen LogP contribution in [-0.2, 0) is 8.85 Å². The summed E-state index contributed by atoms with van der Waals surface area (Å²) in [6.07, 6.45) is 7.39. The van der Waals surface area contributed by atoms with Gasteiger partial charge in [-0.05, 0) is 61.3 Å². The predicted molar refractivity (Wildman–Crippen MR) is 73.3 cm³/mol. The van der Waals surface area contributed by atoms with Gasteiger partial charge in [-0.2, -0.15) is 0 Å². The van der Waals surface area contributed by atoms with E-state index in [1.54, 1.807) is 0 Å². The van der Waals surface area contributed by atoms with Crippen molar-refractivity contribution in [3.63, 3.8) is 0 Å². The van der Waals surface area contributed by atoms with Gasteiger partial charge in [0, 0.05) is 14.2 Å². The maximum atomic E-state index is 5.56. The molecular weight excluding hydrogens is 228 g/mol. The Balaban J connectivity index is 2.06. The smallest absolute Gasteiger partial charge is 0.321 e. The molecule has 17 heavy (non-hydrogen) atoms. The molecule has 100 valence electrons. The molecule has 2 rings (SSSR count). The molecule has 2 saturated carbocycles. The minimum Gasteiger partial charge on any atom is -0.400 e. The molecular formula is C14H28O2Si. The number of hydrogen-bond acceptors (Lipinski definition) is 2. The number of rotatable bonds is 6. The zero-order valence-electron chi connectivity index (χ0n) is 11.9. The molecule has 0 spiro atoms. The van der Waals surface area contributed by atoms with E-state index in [0.717, 1.165) is 17.8 Å². The summed E-state index contributed by atoms with van der Waals surface area (Å²) in [5.41, 5.74) is 0.654. The van der Waals surface area contributed by atoms with Crippen LogP contribution < -0.4 is 0 Å². The quantitative estimate of drug-likeness (QED) is 0.679. The van der Waals surface area contributed by atoms with Gasteiger partial charge in [-0.15, -0.1) is 0 Å². The van der Waals surface area contributed by atoms with Crippen molar-refractivity contribution >= 4 is 9.28 Å². The lowest BCUT2D eigenvalue weighted by molar-refractivity contribution is 0.126. The molecule has 0 aromatic carbocycles. The number of hydrogen-bond donors (Lipinski definition) is 0. The lowest BCUT2D eigenvalue weighted by Crippen LogP contribution is -2.35. The highest BCUT2D eigenvalue weighted by Crippen LogP contribution is 2.60. The van der Waals surface area contributed by atoms with E-state index >= 15 is 0 Å². The molecule has 2 aliphatic carbocycles. The van der Waals surface area contributed by atoms with Crippen LogP contribution in [0.3, 0.4) is 0 Å². The van der Waals surface area contributed by atoms with Crippen molar-refractivity contribution in [2.75, 3.05) is 14.2 Å². The van der Waals surface area contributed by atoms with Crippen LogP contribution in [0.4, 0.5) is 0 Å². The average molecular weight is 256 g/mol. The molecule has 2 aliphatic rings. The minimum absolute atomic E-state index is 0.654. The molecule has 0 aliphatic heterocycles. The second kappa shape index (κ2) is 5.41. The van der Waals surface area contributed by atoms with Crippen LogP contribution >= 0.6 is 0 Å². The Kier molecular flexibility index (Phi) is 4.32. The highest BCUT2D eigenvalue weighted by atomic mass is 28.3. The van der Waals surface area contributed by atoms with E-state index in [2.05, 4.69) is 13.8 Å². The average Bonchev–Trinajstić information content (AvgIpc) is 2.90. The second-order valence-corrected chi connectivity index (χ2v) is 8.77. The standard InChI is InChI=1S/C14H28O2Si/c1-11(2)13(10-17(15-3)16-4)14-7-5-12(9-14)6-8-14/h11-13,17H,5-10H2,1-4H3. The van der Waals surface area contributed by atoms with Gasteiger partial charge in [-0.1, -0.05) is 13.8 Å². The molecule has 2 fully saturated rings. The summed E-state index contributed by atoms with van der Waals surface area (Å²) < 4.78 is 11.1. The highest BCUT2D eigenvalue weighted by molar-refractivity contribution is 6.44. The summed E-state index contributed by atoms with van der Waals surface area (Å²) in [6.45, 7) is 4.78. The van der Waals surface area contributed by atoms with Crippen LogP contribution in [0.15, 0.2) is 0 Å². The Bertz CT molecular complexity index is 243. The topological polar surface area (TPSA) is 18.5 Å². The Hall–Kier alpha value is 0.137. The molecule has 2 bridgehead atoms. The normalized spacial score (nSPS) is 33.9. The highest BCUT2D eigenvalue weighted by Gasteiger charge is 2.50. The molecule has 0 aromatic heterocycles. The zero-order chi connectivity index (χ0) is 12.5. The van der Waals surface area contributed by atoms with Gasteiger partial charge in [0.1, 0.15) is 0 Å². The van der Waals surface area contributed by atoms with Crippen LogP contribution in [0.5, 0.6) is 0 Å². The van der Waals surface area contributed by atoms with Gasteiger partial charge >= 0.3 is 9.28 Å². The molecule has 3 heteroatoms. The summed E-state index contributed by atoms with van der Waals surface area (Å²) >= 11 is 0. The van der Waals surface area contributed by atoms with Crippen molar-refractivity contribution in [1.82, 2.24) is 0 Å². The fourth-order valence-corrected chi connectivity index (χ4v) is 6.52. The van der Waals surface area contributed by atoms with Gasteiger partial charge in [0.15, 0.2) is 0 Å². The van der Waals surface area contributed by atoms with Gasteiger partial charge in [0.2, 0.25) is 0 Å². The van der Waals surface area contributed by atoms with Crippen molar-refractivity contribution in [2.24, 2.45) is 23.2 Å². The first-order valence-electron chi connectivity index (χ1n) is 7.17. The van der Waals surface area contributed by atoms with Crippen LogP contribution in [0.25, 0.3) is 0 Å². The Morgan fingerprint density at radius 3 is 2.12 bits per heavy atom. The molecule has 0 amide bonds. The molecule has 1 atom stereocenters. The number of fused-ring (bicyclic) bond motifs is 2. The first kappa shape index (κ1) is 13.6. The van der Waals surface area contributed by atoms with Gasteiger partial charge in [0.05, 0.1) is 0 Å². The molecule has 0 aromatic rings. The fraction of sp³-hybridized carbons (Fsp3) is 1.00. The van der Waals surface area contributed by atoms with E-state index in [1.165, 1.54) is 38.1 Å². The van der Waals surface area contributed by atoms with Gasteiger partial charge in [0.25, 0.3) is 0 Å². The van der Waals surface area contributed by atoms with Gasteiger partial charge < -0.3 is 8.85 Å². The molecule has 0 N–H and O–H groups in total. The third-order valence-electron chi connectivity index (χ3n) is 5.36. The third-order valence-corrected chi connectivity index (χ3v) is 7.30. The monoisotopic (exact) mass is 256 g/mol. The lowest BCUT2D eigenvalue weighted by Gasteiger charge is -2.39. The second-order valence-electron chi connectivity index (χ2n) is 6.50. The fourth-order valence-electron chi connectivity index (χ4n) is 4.48. The van der Waals surface area contributed by atoms with Crippen molar-refractivity contribution in [1.29, 1.82) is 0 Å². The SMILES string of the molecule is CO[SiH](CC(C(C)C)C12CCC(CC1)C2)OC. The summed E-state index contributed by atoms with van der Waals surface area (Å²) in [5, 5.41) is 0. The minimum atomic E-state index is -1.40. The van der Waals surface area contributed by atoms with Crippen molar-refractivity contribution < 1.29 is 8.85 Å². The molecule has 0 heterocycles. The molecule has 0 radical (unpaired) electrons. The van der Waals surface area contributed by atoms with E-state index in [1.807, 2.05) is 14.2 Å². The Labute approximate surface area is 108 Å². The van der Waals surface area contributed by atoms with Crippen LogP contribution in [0, 0.1) is 23.2 Å². The summed E-state index contributed by atoms with van der Waals surface area (Å²) in [5.74, 6) is 2.64. The maximum absolute atomic E-state index is 5.56. The first-order chi connectivity index (χ1) is 8.11. The third kappa shape index (κ3) is 2.61. The zero-order valence-corrected chi connectivity index (χ0v) is 13.0. The summed E-state index contributed by atoms with van der Waals surface area (Å²) in [4.78, 5) is 0. The Morgan fingerprint density at radius 2 is 1.76 bits per heavy atom. The molecule has 1 unspecified atom stereocenters. The Morgan fingerprint density at radius 1 is 1.18 bits per heavy atom. The summed E-state index contributed by atoms with van der Waals surface area (Å²) in [7, 11) is 2.24. The van der Waals surface area contributed by atoms with E-state index in [0.29, 0.717) is 5.41 Å². The van der Waals surface area contributed by atoms with Crippen LogP contribution in [0.2, 0.25) is 6.04 Å². The van der Waals surface area contributed by atoms with E-state index < -0.39 is 9.28 Å².